The van der Waals surface area contributed by atoms with Crippen LogP contribution < -0.4 is 0 Å². The van der Waals surface area contributed by atoms with Crippen LogP contribution in [0.5, 0.6) is 0 Å². The number of carboxylic acids is 1. The third-order valence-electron chi connectivity index (χ3n) is 4.34. The minimum absolute atomic E-state index is 0.00126. The average molecular weight is 313 g/mol. The molecule has 6 nitrogen and oxygen atoms in total. The van der Waals surface area contributed by atoms with Crippen molar-refractivity contribution in [3.05, 3.63) is 48.3 Å². The van der Waals surface area contributed by atoms with Gasteiger partial charge in [-0.1, -0.05) is 19.1 Å². The van der Waals surface area contributed by atoms with E-state index in [1.807, 2.05) is 43.5 Å². The summed E-state index contributed by atoms with van der Waals surface area (Å²) in [4.78, 5) is 25.2. The first-order chi connectivity index (χ1) is 11.0. The van der Waals surface area contributed by atoms with Crippen molar-refractivity contribution >= 4 is 11.9 Å². The van der Waals surface area contributed by atoms with E-state index < -0.39 is 11.9 Å². The quantitative estimate of drug-likeness (QED) is 0.930. The molecule has 1 aromatic heterocycles. The van der Waals surface area contributed by atoms with Gasteiger partial charge in [0.1, 0.15) is 0 Å². The predicted molar refractivity (Wildman–Crippen MR) is 84.1 cm³/mol. The van der Waals surface area contributed by atoms with Gasteiger partial charge in [-0.2, -0.15) is 5.10 Å². The number of nitrogens with zero attached hydrogens (tertiary/aromatic N) is 3. The summed E-state index contributed by atoms with van der Waals surface area (Å²) in [6.07, 6.45) is 3.86. The molecule has 3 rings (SSSR count). The zero-order valence-electron chi connectivity index (χ0n) is 12.9. The number of likely N-dealkylation sites (tertiary alicyclic amines) is 1. The lowest BCUT2D eigenvalue weighted by Crippen LogP contribution is -2.31. The van der Waals surface area contributed by atoms with Gasteiger partial charge < -0.3 is 10.0 Å². The first-order valence-electron chi connectivity index (χ1n) is 7.64. The molecule has 0 bridgehead atoms. The van der Waals surface area contributed by atoms with Crippen molar-refractivity contribution < 1.29 is 14.7 Å². The molecule has 2 atom stereocenters. The van der Waals surface area contributed by atoms with Gasteiger partial charge in [-0.3, -0.25) is 9.59 Å². The summed E-state index contributed by atoms with van der Waals surface area (Å²) in [6.45, 7) is 2.70. The lowest BCUT2D eigenvalue weighted by Gasteiger charge is -2.16. The third-order valence-corrected chi connectivity index (χ3v) is 4.34. The molecule has 6 heteroatoms. The summed E-state index contributed by atoms with van der Waals surface area (Å²) >= 11 is 0. The molecule has 0 saturated carbocycles. The number of carbonyl (C=O) groups is 2. The van der Waals surface area contributed by atoms with Crippen molar-refractivity contribution in [1.82, 2.24) is 14.7 Å². The number of hydrogen-bond acceptors (Lipinski definition) is 3. The SMILES string of the molecule is C[C@@H]1CN(C(=O)Cc2ccc(-n3cccn3)cc2)C[C@H]1C(=O)O. The molecule has 1 aliphatic heterocycles. The molecule has 1 aromatic carbocycles. The lowest BCUT2D eigenvalue weighted by molar-refractivity contribution is -0.142. The number of carboxylic acid groups (broad SMARTS) is 1. The van der Waals surface area contributed by atoms with Gasteiger partial charge in [-0.05, 0) is 29.7 Å². The summed E-state index contributed by atoms with van der Waals surface area (Å²) in [5.74, 6) is -1.30. The zero-order valence-corrected chi connectivity index (χ0v) is 12.9. The van der Waals surface area contributed by atoms with Gasteiger partial charge in [-0.25, -0.2) is 4.68 Å². The van der Waals surface area contributed by atoms with Gasteiger partial charge >= 0.3 is 5.97 Å². The van der Waals surface area contributed by atoms with Crippen molar-refractivity contribution in [3.8, 4) is 5.69 Å². The number of aromatic nitrogens is 2. The number of aliphatic carboxylic acids is 1. The third kappa shape index (κ3) is 3.26. The van der Waals surface area contributed by atoms with Crippen LogP contribution in [0.4, 0.5) is 0 Å². The standard InChI is InChI=1S/C17H19N3O3/c1-12-10-19(11-15(12)17(22)23)16(21)9-13-3-5-14(6-4-13)20-8-2-7-18-20/h2-8,12,15H,9-11H2,1H3,(H,22,23)/t12-,15-/m1/s1. The van der Waals surface area contributed by atoms with E-state index in [4.69, 9.17) is 5.11 Å². The molecule has 0 unspecified atom stereocenters. The molecule has 0 radical (unpaired) electrons. The summed E-state index contributed by atoms with van der Waals surface area (Å²) in [7, 11) is 0. The summed E-state index contributed by atoms with van der Waals surface area (Å²) in [6, 6.07) is 9.50. The van der Waals surface area contributed by atoms with Crippen LogP contribution in [0.1, 0.15) is 12.5 Å². The highest BCUT2D eigenvalue weighted by Gasteiger charge is 2.36. The van der Waals surface area contributed by atoms with E-state index in [2.05, 4.69) is 5.10 Å². The smallest absolute Gasteiger partial charge is 0.308 e. The Labute approximate surface area is 134 Å². The second-order valence-electron chi connectivity index (χ2n) is 6.01. The molecule has 0 aliphatic carbocycles. The minimum Gasteiger partial charge on any atom is -0.481 e. The van der Waals surface area contributed by atoms with E-state index in [0.717, 1.165) is 11.3 Å². The molecular weight excluding hydrogens is 294 g/mol. The van der Waals surface area contributed by atoms with Crippen molar-refractivity contribution in [1.29, 1.82) is 0 Å². The maximum Gasteiger partial charge on any atom is 0.308 e. The summed E-state index contributed by atoms with van der Waals surface area (Å²) in [5.41, 5.74) is 1.85. The first kappa shape index (κ1) is 15.3. The number of rotatable bonds is 4. The first-order valence-corrected chi connectivity index (χ1v) is 7.64. The largest absolute Gasteiger partial charge is 0.481 e. The molecule has 2 aromatic rings. The zero-order chi connectivity index (χ0) is 16.4. The highest BCUT2D eigenvalue weighted by molar-refractivity contribution is 5.81. The topological polar surface area (TPSA) is 75.4 Å². The van der Waals surface area contributed by atoms with E-state index in [9.17, 15) is 9.59 Å². The fourth-order valence-electron chi connectivity index (χ4n) is 2.97. The van der Waals surface area contributed by atoms with E-state index in [-0.39, 0.29) is 11.8 Å². The van der Waals surface area contributed by atoms with Gasteiger partial charge in [0.05, 0.1) is 18.0 Å². The van der Waals surface area contributed by atoms with Crippen molar-refractivity contribution in [2.45, 2.75) is 13.3 Å². The molecule has 1 saturated heterocycles. The maximum absolute atomic E-state index is 12.4. The second-order valence-corrected chi connectivity index (χ2v) is 6.01. The molecule has 1 fully saturated rings. The fourth-order valence-corrected chi connectivity index (χ4v) is 2.97. The molecule has 1 aliphatic rings. The van der Waals surface area contributed by atoms with Crippen LogP contribution in [0.25, 0.3) is 5.69 Å². The monoisotopic (exact) mass is 313 g/mol. The highest BCUT2D eigenvalue weighted by atomic mass is 16.4. The van der Waals surface area contributed by atoms with Crippen molar-refractivity contribution in [3.63, 3.8) is 0 Å². The minimum atomic E-state index is -0.823. The van der Waals surface area contributed by atoms with Crippen LogP contribution >= 0.6 is 0 Å². The van der Waals surface area contributed by atoms with E-state index in [1.54, 1.807) is 15.8 Å². The van der Waals surface area contributed by atoms with Gasteiger partial charge in [0.15, 0.2) is 0 Å². The molecule has 23 heavy (non-hydrogen) atoms. The molecule has 1 N–H and O–H groups in total. The van der Waals surface area contributed by atoms with Gasteiger partial charge in [0.2, 0.25) is 5.91 Å². The van der Waals surface area contributed by atoms with Crippen molar-refractivity contribution in [2.75, 3.05) is 13.1 Å². The average Bonchev–Trinajstić information content (AvgIpc) is 3.17. The number of hydrogen-bond donors (Lipinski definition) is 1. The Morgan fingerprint density at radius 1 is 1.26 bits per heavy atom. The van der Waals surface area contributed by atoms with E-state index in [0.29, 0.717) is 19.5 Å². The highest BCUT2D eigenvalue weighted by Crippen LogP contribution is 2.24. The Kier molecular flexibility index (Phi) is 4.14. The normalized spacial score (nSPS) is 20.7. The summed E-state index contributed by atoms with van der Waals surface area (Å²) < 4.78 is 1.76. The molecule has 2 heterocycles. The van der Waals surface area contributed by atoms with E-state index in [1.165, 1.54) is 0 Å². The molecular formula is C17H19N3O3. The van der Waals surface area contributed by atoms with Crippen LogP contribution in [0, 0.1) is 11.8 Å². The summed E-state index contributed by atoms with van der Waals surface area (Å²) in [5, 5.41) is 13.3. The Hall–Kier alpha value is -2.63. The molecule has 120 valence electrons. The van der Waals surface area contributed by atoms with Gasteiger partial charge in [0, 0.05) is 25.5 Å². The van der Waals surface area contributed by atoms with E-state index >= 15 is 0 Å². The molecule has 1 amide bonds. The maximum atomic E-state index is 12.4. The Morgan fingerprint density at radius 3 is 2.57 bits per heavy atom. The predicted octanol–water partition coefficient (Wildman–Crippen LogP) is 1.59. The number of benzene rings is 1. The van der Waals surface area contributed by atoms with Crippen LogP contribution in [0.3, 0.4) is 0 Å². The Morgan fingerprint density at radius 2 is 2.00 bits per heavy atom. The second kappa shape index (κ2) is 6.24. The fraction of sp³-hybridized carbons (Fsp3) is 0.353. The van der Waals surface area contributed by atoms with Crippen LogP contribution in [-0.4, -0.2) is 44.8 Å². The lowest BCUT2D eigenvalue weighted by atomic mass is 9.99. The Balaban J connectivity index is 1.63. The van der Waals surface area contributed by atoms with Gasteiger partial charge in [-0.15, -0.1) is 0 Å². The number of carbonyl (C=O) groups excluding carboxylic acids is 1. The van der Waals surface area contributed by atoms with Crippen LogP contribution in [0.15, 0.2) is 42.7 Å². The van der Waals surface area contributed by atoms with Crippen LogP contribution in [-0.2, 0) is 16.0 Å². The van der Waals surface area contributed by atoms with Crippen LogP contribution in [0.2, 0.25) is 0 Å². The Bertz CT molecular complexity index is 694. The molecule has 0 spiro atoms. The number of amides is 1. The van der Waals surface area contributed by atoms with Crippen molar-refractivity contribution in [2.24, 2.45) is 11.8 Å². The van der Waals surface area contributed by atoms with Gasteiger partial charge in [0.25, 0.3) is 0 Å².